The maximum atomic E-state index is 4.97. The van der Waals surface area contributed by atoms with E-state index in [0.717, 1.165) is 12.1 Å². The summed E-state index contributed by atoms with van der Waals surface area (Å²) in [5.74, 6) is 0.668. The van der Waals surface area contributed by atoms with Crippen LogP contribution in [0.1, 0.15) is 38.3 Å². The van der Waals surface area contributed by atoms with Crippen molar-refractivity contribution in [2.45, 2.75) is 33.2 Å². The van der Waals surface area contributed by atoms with Gasteiger partial charge in [0.05, 0.1) is 5.71 Å². The van der Waals surface area contributed by atoms with Gasteiger partial charge >= 0.3 is 0 Å². The number of nitrogens with zero attached hydrogens (tertiary/aromatic N) is 1. The fourth-order valence-electron chi connectivity index (χ4n) is 2.46. The summed E-state index contributed by atoms with van der Waals surface area (Å²) in [6.45, 7) is 6.69. The van der Waals surface area contributed by atoms with Gasteiger partial charge in [-0.1, -0.05) is 74.5 Å². The van der Waals surface area contributed by atoms with E-state index in [1.165, 1.54) is 11.1 Å². The SMILES string of the molecule is CC(C)C[C@H](C)N=C(c1ccccc1)c1ccccc1. The Morgan fingerprint density at radius 1 is 0.800 bits per heavy atom. The minimum absolute atomic E-state index is 0.338. The van der Waals surface area contributed by atoms with Crippen molar-refractivity contribution in [3.8, 4) is 0 Å². The normalized spacial score (nSPS) is 12.2. The van der Waals surface area contributed by atoms with Crippen molar-refractivity contribution in [1.29, 1.82) is 0 Å². The molecule has 0 radical (unpaired) electrons. The number of hydrogen-bond donors (Lipinski definition) is 0. The molecule has 0 spiro atoms. The fraction of sp³-hybridized carbons (Fsp3) is 0.316. The van der Waals surface area contributed by atoms with E-state index in [1.54, 1.807) is 0 Å². The molecule has 0 aliphatic carbocycles. The minimum atomic E-state index is 0.338. The van der Waals surface area contributed by atoms with Crippen LogP contribution in [0.4, 0.5) is 0 Å². The Morgan fingerprint density at radius 3 is 1.65 bits per heavy atom. The third-order valence-corrected chi connectivity index (χ3v) is 3.26. The molecule has 0 aliphatic rings. The second-order valence-electron chi connectivity index (χ2n) is 5.69. The van der Waals surface area contributed by atoms with Crippen LogP contribution in [-0.2, 0) is 0 Å². The molecule has 2 aromatic rings. The first kappa shape index (κ1) is 14.5. The van der Waals surface area contributed by atoms with Crippen molar-refractivity contribution in [3.63, 3.8) is 0 Å². The molecule has 2 rings (SSSR count). The summed E-state index contributed by atoms with van der Waals surface area (Å²) in [5, 5.41) is 0. The molecule has 1 heteroatoms. The third kappa shape index (κ3) is 4.06. The molecular weight excluding hydrogens is 242 g/mol. The van der Waals surface area contributed by atoms with Crippen LogP contribution in [0.15, 0.2) is 65.7 Å². The van der Waals surface area contributed by atoms with Gasteiger partial charge in [-0.2, -0.15) is 0 Å². The highest BCUT2D eigenvalue weighted by molar-refractivity contribution is 6.12. The van der Waals surface area contributed by atoms with E-state index in [9.17, 15) is 0 Å². The van der Waals surface area contributed by atoms with Gasteiger partial charge in [0.25, 0.3) is 0 Å². The lowest BCUT2D eigenvalue weighted by atomic mass is 10.0. The standard InChI is InChI=1S/C19H23N/c1-15(2)14-16(3)20-19(17-10-6-4-7-11-17)18-12-8-5-9-13-18/h4-13,15-16H,14H2,1-3H3/t16-/m0/s1. The van der Waals surface area contributed by atoms with Crippen LogP contribution in [0.3, 0.4) is 0 Å². The Bertz CT molecular complexity index is 499. The summed E-state index contributed by atoms with van der Waals surface area (Å²) in [4.78, 5) is 4.97. The number of hydrogen-bond acceptors (Lipinski definition) is 1. The van der Waals surface area contributed by atoms with Gasteiger partial charge in [0.15, 0.2) is 0 Å². The molecule has 0 heterocycles. The predicted molar refractivity (Wildman–Crippen MR) is 87.4 cm³/mol. The van der Waals surface area contributed by atoms with E-state index in [2.05, 4.69) is 69.3 Å². The summed E-state index contributed by atoms with van der Waals surface area (Å²) >= 11 is 0. The lowest BCUT2D eigenvalue weighted by molar-refractivity contribution is 0.522. The van der Waals surface area contributed by atoms with E-state index in [4.69, 9.17) is 4.99 Å². The highest BCUT2D eigenvalue weighted by Gasteiger charge is 2.09. The van der Waals surface area contributed by atoms with E-state index in [1.807, 2.05) is 12.1 Å². The summed E-state index contributed by atoms with van der Waals surface area (Å²) < 4.78 is 0. The van der Waals surface area contributed by atoms with Crippen LogP contribution in [0.5, 0.6) is 0 Å². The minimum Gasteiger partial charge on any atom is -0.281 e. The number of rotatable bonds is 5. The molecule has 0 amide bonds. The Hall–Kier alpha value is -1.89. The summed E-state index contributed by atoms with van der Waals surface area (Å²) in [5.41, 5.74) is 3.47. The van der Waals surface area contributed by atoms with Crippen molar-refractivity contribution >= 4 is 5.71 Å². The van der Waals surface area contributed by atoms with Crippen LogP contribution in [0.25, 0.3) is 0 Å². The van der Waals surface area contributed by atoms with Crippen LogP contribution in [0.2, 0.25) is 0 Å². The smallest absolute Gasteiger partial charge is 0.0722 e. The lowest BCUT2D eigenvalue weighted by Gasteiger charge is -2.14. The Morgan fingerprint density at radius 2 is 1.25 bits per heavy atom. The zero-order valence-corrected chi connectivity index (χ0v) is 12.6. The molecule has 0 unspecified atom stereocenters. The molecule has 0 saturated heterocycles. The van der Waals surface area contributed by atoms with Gasteiger partial charge in [-0.3, -0.25) is 4.99 Å². The van der Waals surface area contributed by atoms with Gasteiger partial charge in [0.2, 0.25) is 0 Å². The van der Waals surface area contributed by atoms with E-state index < -0.39 is 0 Å². The van der Waals surface area contributed by atoms with Crippen molar-refractivity contribution in [2.24, 2.45) is 10.9 Å². The van der Waals surface area contributed by atoms with E-state index >= 15 is 0 Å². The topological polar surface area (TPSA) is 12.4 Å². The molecule has 0 bridgehead atoms. The van der Waals surface area contributed by atoms with Gasteiger partial charge < -0.3 is 0 Å². The average Bonchev–Trinajstić information content (AvgIpc) is 2.46. The average molecular weight is 265 g/mol. The summed E-state index contributed by atoms with van der Waals surface area (Å²) in [6, 6.07) is 21.2. The zero-order valence-electron chi connectivity index (χ0n) is 12.6. The zero-order chi connectivity index (χ0) is 14.4. The van der Waals surface area contributed by atoms with Crippen LogP contribution >= 0.6 is 0 Å². The number of benzene rings is 2. The number of aliphatic imine (C=N–C) groups is 1. The Labute approximate surface area is 122 Å². The van der Waals surface area contributed by atoms with Crippen molar-refractivity contribution < 1.29 is 0 Å². The largest absolute Gasteiger partial charge is 0.281 e. The maximum Gasteiger partial charge on any atom is 0.0722 e. The van der Waals surface area contributed by atoms with E-state index in [-0.39, 0.29) is 0 Å². The van der Waals surface area contributed by atoms with Gasteiger partial charge in [-0.25, -0.2) is 0 Å². The molecule has 0 aliphatic heterocycles. The summed E-state index contributed by atoms with van der Waals surface area (Å²) in [6.07, 6.45) is 1.11. The molecule has 20 heavy (non-hydrogen) atoms. The highest BCUT2D eigenvalue weighted by atomic mass is 14.8. The molecule has 0 aromatic heterocycles. The van der Waals surface area contributed by atoms with Gasteiger partial charge in [0.1, 0.15) is 0 Å². The predicted octanol–water partition coefficient (Wildman–Crippen LogP) is 4.96. The van der Waals surface area contributed by atoms with Gasteiger partial charge in [-0.15, -0.1) is 0 Å². The fourth-order valence-corrected chi connectivity index (χ4v) is 2.46. The van der Waals surface area contributed by atoms with E-state index in [0.29, 0.717) is 12.0 Å². The molecular formula is C19H23N. The first-order valence-electron chi connectivity index (χ1n) is 7.35. The second kappa shape index (κ2) is 7.04. The Kier molecular flexibility index (Phi) is 5.11. The molecule has 0 saturated carbocycles. The molecule has 0 fully saturated rings. The molecule has 1 atom stereocenters. The molecule has 2 aromatic carbocycles. The monoisotopic (exact) mass is 265 g/mol. The third-order valence-electron chi connectivity index (χ3n) is 3.26. The van der Waals surface area contributed by atoms with Gasteiger partial charge in [0, 0.05) is 17.2 Å². The van der Waals surface area contributed by atoms with Crippen LogP contribution in [-0.4, -0.2) is 11.8 Å². The quantitative estimate of drug-likeness (QED) is 0.678. The van der Waals surface area contributed by atoms with Crippen LogP contribution in [0, 0.1) is 5.92 Å². The summed E-state index contributed by atoms with van der Waals surface area (Å²) in [7, 11) is 0. The first-order chi connectivity index (χ1) is 9.66. The Balaban J connectivity index is 2.37. The van der Waals surface area contributed by atoms with Crippen molar-refractivity contribution in [1.82, 2.24) is 0 Å². The van der Waals surface area contributed by atoms with Crippen molar-refractivity contribution in [3.05, 3.63) is 71.8 Å². The maximum absolute atomic E-state index is 4.97. The highest BCUT2D eigenvalue weighted by Crippen LogP contribution is 2.15. The molecule has 1 nitrogen and oxygen atoms in total. The molecule has 0 N–H and O–H groups in total. The van der Waals surface area contributed by atoms with Crippen LogP contribution < -0.4 is 0 Å². The second-order valence-corrected chi connectivity index (χ2v) is 5.69. The molecule has 104 valence electrons. The first-order valence-corrected chi connectivity index (χ1v) is 7.35. The van der Waals surface area contributed by atoms with Gasteiger partial charge in [-0.05, 0) is 19.3 Å². The van der Waals surface area contributed by atoms with Crippen molar-refractivity contribution in [2.75, 3.05) is 0 Å². The lowest BCUT2D eigenvalue weighted by Crippen LogP contribution is -2.10.